The van der Waals surface area contributed by atoms with Crippen LogP contribution in [0.5, 0.6) is 5.75 Å². The predicted molar refractivity (Wildman–Crippen MR) is 91.0 cm³/mol. The molecular formula is C17H20N2O2S. The number of para-hydroxylation sites is 1. The largest absolute Gasteiger partial charge is 0.496 e. The van der Waals surface area contributed by atoms with Gasteiger partial charge >= 0.3 is 0 Å². The maximum absolute atomic E-state index is 12.1. The van der Waals surface area contributed by atoms with Gasteiger partial charge in [-0.3, -0.25) is 9.79 Å². The molecule has 1 N–H and O–H groups in total. The van der Waals surface area contributed by atoms with Gasteiger partial charge in [-0.25, -0.2) is 0 Å². The summed E-state index contributed by atoms with van der Waals surface area (Å²) in [6, 6.07) is 8.04. The maximum Gasteiger partial charge on any atom is 0.264 e. The van der Waals surface area contributed by atoms with Gasteiger partial charge in [0.15, 0.2) is 5.17 Å². The number of rotatable bonds is 3. The van der Waals surface area contributed by atoms with Crippen LogP contribution in [-0.4, -0.2) is 24.2 Å². The van der Waals surface area contributed by atoms with Crippen LogP contribution < -0.4 is 10.1 Å². The number of benzene rings is 1. The molecule has 1 heterocycles. The molecule has 5 heteroatoms. The average Bonchev–Trinajstić information content (AvgIpc) is 2.88. The first-order valence-corrected chi connectivity index (χ1v) is 8.49. The highest BCUT2D eigenvalue weighted by Crippen LogP contribution is 2.30. The van der Waals surface area contributed by atoms with Crippen molar-refractivity contribution < 1.29 is 9.53 Å². The van der Waals surface area contributed by atoms with Crippen LogP contribution in [0.15, 0.2) is 34.2 Å². The Morgan fingerprint density at radius 1 is 1.27 bits per heavy atom. The summed E-state index contributed by atoms with van der Waals surface area (Å²) in [5, 5.41) is 3.61. The Morgan fingerprint density at radius 2 is 2.05 bits per heavy atom. The summed E-state index contributed by atoms with van der Waals surface area (Å²) in [5.74, 6) is 0.687. The highest BCUT2D eigenvalue weighted by Gasteiger charge is 2.25. The van der Waals surface area contributed by atoms with Crippen LogP contribution >= 0.6 is 11.8 Å². The molecule has 0 unspecified atom stereocenters. The number of hydrogen-bond acceptors (Lipinski definition) is 4. The lowest BCUT2D eigenvalue weighted by Crippen LogP contribution is -2.22. The highest BCUT2D eigenvalue weighted by molar-refractivity contribution is 8.18. The number of nitrogens with one attached hydrogen (secondary N) is 1. The lowest BCUT2D eigenvalue weighted by molar-refractivity contribution is -0.115. The van der Waals surface area contributed by atoms with Crippen LogP contribution in [0, 0.1) is 0 Å². The fraction of sp³-hybridized carbons (Fsp3) is 0.412. The first-order valence-electron chi connectivity index (χ1n) is 7.68. The second kappa shape index (κ2) is 7.01. The van der Waals surface area contributed by atoms with Gasteiger partial charge in [-0.1, -0.05) is 37.5 Å². The van der Waals surface area contributed by atoms with Crippen molar-refractivity contribution in [3.63, 3.8) is 0 Å². The molecular weight excluding hydrogens is 296 g/mol. The molecule has 0 bridgehead atoms. The van der Waals surface area contributed by atoms with E-state index in [9.17, 15) is 4.79 Å². The van der Waals surface area contributed by atoms with Crippen LogP contribution in [0.2, 0.25) is 0 Å². The zero-order valence-corrected chi connectivity index (χ0v) is 13.5. The van der Waals surface area contributed by atoms with Gasteiger partial charge < -0.3 is 10.1 Å². The summed E-state index contributed by atoms with van der Waals surface area (Å²) in [7, 11) is 1.63. The van der Waals surface area contributed by atoms with Crippen molar-refractivity contribution in [2.24, 2.45) is 4.99 Å². The first-order chi connectivity index (χ1) is 10.8. The van der Waals surface area contributed by atoms with E-state index in [0.29, 0.717) is 10.9 Å². The van der Waals surface area contributed by atoms with Crippen molar-refractivity contribution in [3.8, 4) is 5.75 Å². The number of carbonyl (C=O) groups is 1. The third kappa shape index (κ3) is 3.53. The number of hydrogen-bond donors (Lipinski definition) is 1. The minimum atomic E-state index is -0.0783. The molecule has 116 valence electrons. The van der Waals surface area contributed by atoms with Crippen molar-refractivity contribution in [1.82, 2.24) is 5.32 Å². The number of thioether (sulfide) groups is 1. The van der Waals surface area contributed by atoms with Crippen molar-refractivity contribution in [2.45, 2.75) is 38.1 Å². The quantitative estimate of drug-likeness (QED) is 0.867. The van der Waals surface area contributed by atoms with Crippen molar-refractivity contribution in [2.75, 3.05) is 7.11 Å². The summed E-state index contributed by atoms with van der Waals surface area (Å²) in [6.07, 6.45) is 7.91. The minimum absolute atomic E-state index is 0.0783. The van der Waals surface area contributed by atoms with Gasteiger partial charge in [0.25, 0.3) is 5.91 Å². The Bertz CT molecular complexity index is 619. The van der Waals surface area contributed by atoms with E-state index in [1.54, 1.807) is 7.11 Å². The maximum atomic E-state index is 12.1. The molecule has 22 heavy (non-hydrogen) atoms. The fourth-order valence-electron chi connectivity index (χ4n) is 2.79. The molecule has 1 aliphatic carbocycles. The third-order valence-corrected chi connectivity index (χ3v) is 4.87. The normalized spacial score (nSPS) is 23.0. The van der Waals surface area contributed by atoms with Crippen LogP contribution in [0.1, 0.15) is 37.7 Å². The molecule has 0 radical (unpaired) electrons. The van der Waals surface area contributed by atoms with E-state index >= 15 is 0 Å². The Labute approximate surface area is 135 Å². The average molecular weight is 316 g/mol. The van der Waals surface area contributed by atoms with Crippen molar-refractivity contribution >= 4 is 28.9 Å². The molecule has 2 fully saturated rings. The Morgan fingerprint density at radius 3 is 2.82 bits per heavy atom. The number of methoxy groups -OCH3 is 1. The van der Waals surface area contributed by atoms with E-state index in [0.717, 1.165) is 29.3 Å². The fourth-order valence-corrected chi connectivity index (χ4v) is 3.67. The first kappa shape index (κ1) is 15.2. The molecule has 1 amide bonds. The molecule has 1 aliphatic heterocycles. The lowest BCUT2D eigenvalue weighted by Gasteiger charge is -2.17. The summed E-state index contributed by atoms with van der Waals surface area (Å²) >= 11 is 1.42. The van der Waals surface area contributed by atoms with Gasteiger partial charge in [0.05, 0.1) is 18.1 Å². The summed E-state index contributed by atoms with van der Waals surface area (Å²) in [6.45, 7) is 0. The molecule has 0 aromatic heterocycles. The Balaban J connectivity index is 1.76. The summed E-state index contributed by atoms with van der Waals surface area (Å²) in [5.41, 5.74) is 0.904. The molecule has 1 saturated carbocycles. The van der Waals surface area contributed by atoms with Crippen LogP contribution in [-0.2, 0) is 4.79 Å². The second-order valence-electron chi connectivity index (χ2n) is 5.53. The molecule has 1 aromatic carbocycles. The SMILES string of the molecule is COc1ccccc1/C=C1\SC(=NC2CCCCC2)NC1=O. The van der Waals surface area contributed by atoms with E-state index in [1.165, 1.54) is 31.0 Å². The number of carbonyl (C=O) groups excluding carboxylic acids is 1. The molecule has 0 spiro atoms. The number of amidine groups is 1. The molecule has 0 atom stereocenters. The molecule has 1 aromatic rings. The number of ether oxygens (including phenoxy) is 1. The summed E-state index contributed by atoms with van der Waals surface area (Å²) < 4.78 is 5.32. The zero-order chi connectivity index (χ0) is 15.4. The summed E-state index contributed by atoms with van der Waals surface area (Å²) in [4.78, 5) is 17.5. The van der Waals surface area contributed by atoms with E-state index in [4.69, 9.17) is 9.73 Å². The van der Waals surface area contributed by atoms with Gasteiger partial charge in [0.2, 0.25) is 0 Å². The van der Waals surface area contributed by atoms with Gasteiger partial charge in [0, 0.05) is 5.56 Å². The van der Waals surface area contributed by atoms with Crippen LogP contribution in [0.4, 0.5) is 0 Å². The van der Waals surface area contributed by atoms with Crippen LogP contribution in [0.25, 0.3) is 6.08 Å². The van der Waals surface area contributed by atoms with Gasteiger partial charge in [-0.15, -0.1) is 0 Å². The van der Waals surface area contributed by atoms with Crippen molar-refractivity contribution in [1.29, 1.82) is 0 Å². The van der Waals surface area contributed by atoms with E-state index < -0.39 is 0 Å². The molecule has 2 aliphatic rings. The van der Waals surface area contributed by atoms with Gasteiger partial charge in [-0.2, -0.15) is 0 Å². The topological polar surface area (TPSA) is 50.7 Å². The number of amides is 1. The standard InChI is InChI=1S/C17H20N2O2S/c1-21-14-10-6-5-7-12(14)11-15-16(20)19-17(22-15)18-13-8-3-2-4-9-13/h5-7,10-11,13H,2-4,8-9H2,1H3,(H,18,19,20)/b15-11-. The minimum Gasteiger partial charge on any atom is -0.496 e. The highest BCUT2D eigenvalue weighted by atomic mass is 32.2. The Kier molecular flexibility index (Phi) is 4.83. The zero-order valence-electron chi connectivity index (χ0n) is 12.7. The van der Waals surface area contributed by atoms with Crippen molar-refractivity contribution in [3.05, 3.63) is 34.7 Å². The Hall–Kier alpha value is -1.75. The monoisotopic (exact) mass is 316 g/mol. The number of nitrogens with zero attached hydrogens (tertiary/aromatic N) is 1. The predicted octanol–water partition coefficient (Wildman–Crippen LogP) is 3.59. The van der Waals surface area contributed by atoms with E-state index in [-0.39, 0.29) is 5.91 Å². The van der Waals surface area contributed by atoms with Gasteiger partial charge in [-0.05, 0) is 36.7 Å². The third-order valence-electron chi connectivity index (χ3n) is 3.95. The molecule has 1 saturated heterocycles. The van der Waals surface area contributed by atoms with Gasteiger partial charge in [0.1, 0.15) is 5.75 Å². The number of aliphatic imine (C=N–C) groups is 1. The second-order valence-corrected chi connectivity index (χ2v) is 6.56. The molecule has 4 nitrogen and oxygen atoms in total. The lowest BCUT2D eigenvalue weighted by atomic mass is 9.96. The van der Waals surface area contributed by atoms with E-state index in [1.807, 2.05) is 30.3 Å². The van der Waals surface area contributed by atoms with E-state index in [2.05, 4.69) is 5.32 Å². The van der Waals surface area contributed by atoms with Crippen LogP contribution in [0.3, 0.4) is 0 Å². The smallest absolute Gasteiger partial charge is 0.264 e. The molecule has 3 rings (SSSR count).